The summed E-state index contributed by atoms with van der Waals surface area (Å²) in [5, 5.41) is 3.38. The molecule has 106 valence electrons. The third kappa shape index (κ3) is 4.56. The molecule has 4 nitrogen and oxygen atoms in total. The van der Waals surface area contributed by atoms with Crippen LogP contribution in [0.4, 0.5) is 5.69 Å². The maximum absolute atomic E-state index is 11.9. The van der Waals surface area contributed by atoms with E-state index >= 15 is 0 Å². The number of carbonyl (C=O) groups excluding carboxylic acids is 1. The second-order valence-corrected chi connectivity index (χ2v) is 4.93. The molecule has 4 heteroatoms. The summed E-state index contributed by atoms with van der Waals surface area (Å²) in [6, 6.07) is 5.94. The van der Waals surface area contributed by atoms with Gasteiger partial charge in [-0.2, -0.15) is 0 Å². The molecule has 1 aromatic rings. The summed E-state index contributed by atoms with van der Waals surface area (Å²) in [4.78, 5) is 13.5. The predicted octanol–water partition coefficient (Wildman–Crippen LogP) is 2.53. The lowest BCUT2D eigenvalue weighted by Gasteiger charge is -2.18. The summed E-state index contributed by atoms with van der Waals surface area (Å²) in [6.45, 7) is 7.44. The minimum Gasteiger partial charge on any atom is -0.380 e. The van der Waals surface area contributed by atoms with Crippen molar-refractivity contribution in [3.05, 3.63) is 29.3 Å². The summed E-state index contributed by atoms with van der Waals surface area (Å²) in [6.07, 6.45) is 0. The van der Waals surface area contributed by atoms with Crippen LogP contribution in [0.5, 0.6) is 0 Å². The number of benzene rings is 1. The minimum absolute atomic E-state index is 0.0144. The number of ether oxygens (including phenoxy) is 1. The second kappa shape index (κ2) is 7.14. The Balaban J connectivity index is 2.82. The molecule has 0 aliphatic rings. The Morgan fingerprint density at radius 1 is 1.42 bits per heavy atom. The first-order valence-corrected chi connectivity index (χ1v) is 6.62. The maximum atomic E-state index is 11.9. The fourth-order valence-corrected chi connectivity index (χ4v) is 1.77. The highest BCUT2D eigenvalue weighted by Crippen LogP contribution is 2.18. The average molecular weight is 264 g/mol. The molecule has 1 rings (SSSR count). The van der Waals surface area contributed by atoms with Gasteiger partial charge in [-0.3, -0.25) is 4.79 Å². The summed E-state index contributed by atoms with van der Waals surface area (Å²) < 4.78 is 5.39. The van der Waals surface area contributed by atoms with Gasteiger partial charge in [-0.05, 0) is 38.5 Å². The van der Waals surface area contributed by atoms with E-state index in [0.29, 0.717) is 18.8 Å². The average Bonchev–Trinajstić information content (AvgIpc) is 2.38. The van der Waals surface area contributed by atoms with Gasteiger partial charge in [0, 0.05) is 38.0 Å². The molecule has 1 atom stereocenters. The van der Waals surface area contributed by atoms with Gasteiger partial charge in [0.15, 0.2) is 0 Å². The van der Waals surface area contributed by atoms with Gasteiger partial charge in [0.05, 0.1) is 6.61 Å². The lowest BCUT2D eigenvalue weighted by molar-refractivity contribution is 0.0827. The van der Waals surface area contributed by atoms with Crippen molar-refractivity contribution in [3.63, 3.8) is 0 Å². The highest BCUT2D eigenvalue weighted by molar-refractivity contribution is 5.95. The number of hydrogen-bond donors (Lipinski definition) is 1. The standard InChI is InChI=1S/C15H24N2O2/c1-6-19-10-12(3)16-14-9-13(8-7-11(14)2)15(18)17(4)5/h7-9,12,16H,6,10H2,1-5H3. The van der Waals surface area contributed by atoms with Gasteiger partial charge in [0.25, 0.3) is 5.91 Å². The van der Waals surface area contributed by atoms with Crippen molar-refractivity contribution >= 4 is 11.6 Å². The van der Waals surface area contributed by atoms with E-state index in [1.807, 2.05) is 32.0 Å². The van der Waals surface area contributed by atoms with Gasteiger partial charge in [0.1, 0.15) is 0 Å². The maximum Gasteiger partial charge on any atom is 0.253 e. The van der Waals surface area contributed by atoms with Crippen LogP contribution in [-0.4, -0.2) is 44.2 Å². The molecular weight excluding hydrogens is 240 g/mol. The van der Waals surface area contributed by atoms with E-state index in [1.54, 1.807) is 19.0 Å². The first-order chi connectivity index (χ1) is 8.95. The summed E-state index contributed by atoms with van der Waals surface area (Å²) in [5.74, 6) is 0.0144. The summed E-state index contributed by atoms with van der Waals surface area (Å²) >= 11 is 0. The van der Waals surface area contributed by atoms with E-state index in [1.165, 1.54) is 0 Å². The fraction of sp³-hybridized carbons (Fsp3) is 0.533. The van der Waals surface area contributed by atoms with Crippen molar-refractivity contribution in [3.8, 4) is 0 Å². The number of nitrogens with zero attached hydrogens (tertiary/aromatic N) is 1. The van der Waals surface area contributed by atoms with Gasteiger partial charge in [-0.15, -0.1) is 0 Å². The highest BCUT2D eigenvalue weighted by atomic mass is 16.5. The van der Waals surface area contributed by atoms with Gasteiger partial charge >= 0.3 is 0 Å². The zero-order chi connectivity index (χ0) is 14.4. The number of hydrogen-bond acceptors (Lipinski definition) is 3. The molecule has 0 fully saturated rings. The van der Waals surface area contributed by atoms with Gasteiger partial charge < -0.3 is 15.0 Å². The van der Waals surface area contributed by atoms with Gasteiger partial charge in [-0.25, -0.2) is 0 Å². The normalized spacial score (nSPS) is 12.1. The predicted molar refractivity (Wildman–Crippen MR) is 78.8 cm³/mol. The molecule has 0 aliphatic heterocycles. The molecule has 1 N–H and O–H groups in total. The molecule has 1 aromatic carbocycles. The lowest BCUT2D eigenvalue weighted by atomic mass is 10.1. The van der Waals surface area contributed by atoms with Crippen LogP contribution in [0.1, 0.15) is 29.8 Å². The zero-order valence-electron chi connectivity index (χ0n) is 12.5. The third-order valence-corrected chi connectivity index (χ3v) is 2.86. The van der Waals surface area contributed by atoms with Crippen LogP contribution in [0.3, 0.4) is 0 Å². The van der Waals surface area contributed by atoms with E-state index in [4.69, 9.17) is 4.74 Å². The monoisotopic (exact) mass is 264 g/mol. The van der Waals surface area contributed by atoms with Crippen molar-refractivity contribution < 1.29 is 9.53 Å². The van der Waals surface area contributed by atoms with E-state index in [9.17, 15) is 4.79 Å². The van der Waals surface area contributed by atoms with Crippen LogP contribution >= 0.6 is 0 Å². The molecule has 0 bridgehead atoms. The molecule has 1 amide bonds. The van der Waals surface area contributed by atoms with Gasteiger partial charge in [0.2, 0.25) is 0 Å². The van der Waals surface area contributed by atoms with Crippen molar-refractivity contribution in [1.29, 1.82) is 0 Å². The summed E-state index contributed by atoms with van der Waals surface area (Å²) in [5.41, 5.74) is 2.81. The van der Waals surface area contributed by atoms with E-state index in [2.05, 4.69) is 12.2 Å². The Labute approximate surface area is 115 Å². The van der Waals surface area contributed by atoms with Crippen LogP contribution in [0.15, 0.2) is 18.2 Å². The Kier molecular flexibility index (Phi) is 5.83. The number of rotatable bonds is 6. The van der Waals surface area contributed by atoms with Gasteiger partial charge in [-0.1, -0.05) is 6.07 Å². The van der Waals surface area contributed by atoms with Crippen molar-refractivity contribution in [2.75, 3.05) is 32.6 Å². The largest absolute Gasteiger partial charge is 0.380 e. The first-order valence-electron chi connectivity index (χ1n) is 6.62. The van der Waals surface area contributed by atoms with Crippen LogP contribution in [0.2, 0.25) is 0 Å². The topological polar surface area (TPSA) is 41.6 Å². The summed E-state index contributed by atoms with van der Waals surface area (Å²) in [7, 11) is 3.51. The van der Waals surface area contributed by atoms with E-state index < -0.39 is 0 Å². The van der Waals surface area contributed by atoms with E-state index in [0.717, 1.165) is 11.3 Å². The quantitative estimate of drug-likeness (QED) is 0.858. The minimum atomic E-state index is 0.0144. The highest BCUT2D eigenvalue weighted by Gasteiger charge is 2.11. The lowest BCUT2D eigenvalue weighted by Crippen LogP contribution is -2.24. The van der Waals surface area contributed by atoms with Crippen molar-refractivity contribution in [1.82, 2.24) is 4.90 Å². The molecule has 0 saturated heterocycles. The van der Waals surface area contributed by atoms with Crippen LogP contribution in [0.25, 0.3) is 0 Å². The smallest absolute Gasteiger partial charge is 0.253 e. The van der Waals surface area contributed by atoms with Crippen LogP contribution in [-0.2, 0) is 4.74 Å². The van der Waals surface area contributed by atoms with Crippen molar-refractivity contribution in [2.24, 2.45) is 0 Å². The number of aryl methyl sites for hydroxylation is 1. The SMILES string of the molecule is CCOCC(C)Nc1cc(C(=O)N(C)C)ccc1C. The molecule has 0 aliphatic carbocycles. The molecule has 0 heterocycles. The molecule has 0 aromatic heterocycles. The molecule has 0 saturated carbocycles. The Morgan fingerprint density at radius 2 is 2.11 bits per heavy atom. The number of anilines is 1. The number of carbonyl (C=O) groups is 1. The zero-order valence-corrected chi connectivity index (χ0v) is 12.5. The molecule has 19 heavy (non-hydrogen) atoms. The van der Waals surface area contributed by atoms with Crippen LogP contribution in [0, 0.1) is 6.92 Å². The van der Waals surface area contributed by atoms with E-state index in [-0.39, 0.29) is 11.9 Å². The third-order valence-electron chi connectivity index (χ3n) is 2.86. The number of nitrogens with one attached hydrogen (secondary N) is 1. The Hall–Kier alpha value is -1.55. The Morgan fingerprint density at radius 3 is 2.68 bits per heavy atom. The first kappa shape index (κ1) is 15.5. The molecular formula is C15H24N2O2. The molecule has 0 radical (unpaired) electrons. The molecule has 1 unspecified atom stereocenters. The fourth-order valence-electron chi connectivity index (χ4n) is 1.77. The van der Waals surface area contributed by atoms with Crippen molar-refractivity contribution in [2.45, 2.75) is 26.8 Å². The van der Waals surface area contributed by atoms with Crippen LogP contribution < -0.4 is 5.32 Å². The number of amides is 1. The molecule has 0 spiro atoms. The second-order valence-electron chi connectivity index (χ2n) is 4.93. The Bertz CT molecular complexity index is 430.